The van der Waals surface area contributed by atoms with Gasteiger partial charge in [-0.2, -0.15) is 0 Å². The van der Waals surface area contributed by atoms with E-state index in [1.807, 2.05) is 0 Å². The number of hydrogen-bond acceptors (Lipinski definition) is 5. The molecule has 1 aromatic carbocycles. The lowest BCUT2D eigenvalue weighted by molar-refractivity contribution is 1.04. The maximum atomic E-state index is 5.27. The molecule has 0 unspecified atom stereocenters. The molecular formula is C11H12N4S. The lowest BCUT2D eigenvalue weighted by Gasteiger charge is -2.03. The van der Waals surface area contributed by atoms with Crippen LogP contribution in [0.15, 0.2) is 46.6 Å². The maximum Gasteiger partial charge on any atom is 0.159 e. The molecule has 2 aromatic rings. The van der Waals surface area contributed by atoms with Gasteiger partial charge >= 0.3 is 0 Å². The highest BCUT2D eigenvalue weighted by molar-refractivity contribution is 7.99. The van der Waals surface area contributed by atoms with Gasteiger partial charge in [-0.3, -0.25) is 4.98 Å². The smallest absolute Gasteiger partial charge is 0.159 e. The number of nitrogen functional groups attached to an aromatic ring is 1. The van der Waals surface area contributed by atoms with Gasteiger partial charge in [0.05, 0.1) is 12.4 Å². The van der Waals surface area contributed by atoms with E-state index in [2.05, 4.69) is 46.6 Å². The molecule has 82 valence electrons. The predicted molar refractivity (Wildman–Crippen MR) is 65.1 cm³/mol. The standard InChI is InChI=1S/C11H12N4S/c1-8-2-4-9(5-3-8)16-11-7-13-6-10(14-11)15-12/h2-7H,12H2,1H3,(H,14,15). The third-order valence-corrected chi connectivity index (χ3v) is 2.92. The van der Waals surface area contributed by atoms with Crippen LogP contribution >= 0.6 is 11.8 Å². The van der Waals surface area contributed by atoms with Gasteiger partial charge in [0.2, 0.25) is 0 Å². The van der Waals surface area contributed by atoms with E-state index in [1.54, 1.807) is 24.2 Å². The molecule has 0 saturated carbocycles. The summed E-state index contributed by atoms with van der Waals surface area (Å²) in [5.74, 6) is 5.84. The van der Waals surface area contributed by atoms with E-state index < -0.39 is 0 Å². The van der Waals surface area contributed by atoms with E-state index in [-0.39, 0.29) is 0 Å². The Balaban J connectivity index is 2.16. The Hall–Kier alpha value is -1.59. The van der Waals surface area contributed by atoms with Gasteiger partial charge in [-0.15, -0.1) is 0 Å². The fourth-order valence-corrected chi connectivity index (χ4v) is 1.97. The fourth-order valence-electron chi connectivity index (χ4n) is 1.19. The Bertz CT molecular complexity index is 470. The largest absolute Gasteiger partial charge is 0.307 e. The number of benzene rings is 1. The number of aryl methyl sites for hydroxylation is 1. The molecule has 3 N–H and O–H groups in total. The summed E-state index contributed by atoms with van der Waals surface area (Å²) in [5.41, 5.74) is 3.72. The van der Waals surface area contributed by atoms with Gasteiger partial charge in [0.25, 0.3) is 0 Å². The van der Waals surface area contributed by atoms with Gasteiger partial charge in [0.15, 0.2) is 5.82 Å². The molecule has 0 aliphatic carbocycles. The molecule has 0 spiro atoms. The van der Waals surface area contributed by atoms with Gasteiger partial charge in [-0.1, -0.05) is 29.5 Å². The minimum absolute atomic E-state index is 0.567. The lowest BCUT2D eigenvalue weighted by Crippen LogP contribution is -2.08. The van der Waals surface area contributed by atoms with E-state index in [1.165, 1.54) is 5.56 Å². The highest BCUT2D eigenvalue weighted by Crippen LogP contribution is 2.25. The first-order valence-electron chi connectivity index (χ1n) is 4.81. The summed E-state index contributed by atoms with van der Waals surface area (Å²) < 4.78 is 0. The molecule has 0 bridgehead atoms. The first kappa shape index (κ1) is 10.9. The average molecular weight is 232 g/mol. The number of aromatic nitrogens is 2. The average Bonchev–Trinajstić information content (AvgIpc) is 2.32. The quantitative estimate of drug-likeness (QED) is 0.627. The summed E-state index contributed by atoms with van der Waals surface area (Å²) in [5, 5.41) is 0.819. The van der Waals surface area contributed by atoms with Crippen LogP contribution in [0.4, 0.5) is 5.82 Å². The monoisotopic (exact) mass is 232 g/mol. The van der Waals surface area contributed by atoms with Gasteiger partial charge in [0, 0.05) is 4.90 Å². The first-order chi connectivity index (χ1) is 7.78. The summed E-state index contributed by atoms with van der Waals surface area (Å²) in [7, 11) is 0. The fraction of sp³-hybridized carbons (Fsp3) is 0.0909. The molecule has 0 fully saturated rings. The van der Waals surface area contributed by atoms with Crippen molar-refractivity contribution >= 4 is 17.6 Å². The van der Waals surface area contributed by atoms with Crippen molar-refractivity contribution in [2.75, 3.05) is 5.43 Å². The van der Waals surface area contributed by atoms with Crippen LogP contribution in [0.1, 0.15) is 5.56 Å². The van der Waals surface area contributed by atoms with Gasteiger partial charge < -0.3 is 5.43 Å². The summed E-state index contributed by atoms with van der Waals surface area (Å²) >= 11 is 1.56. The van der Waals surface area contributed by atoms with E-state index in [0.717, 1.165) is 9.92 Å². The van der Waals surface area contributed by atoms with Crippen molar-refractivity contribution in [2.24, 2.45) is 5.84 Å². The van der Waals surface area contributed by atoms with E-state index in [0.29, 0.717) is 5.82 Å². The van der Waals surface area contributed by atoms with Crippen molar-refractivity contribution in [2.45, 2.75) is 16.8 Å². The zero-order valence-electron chi connectivity index (χ0n) is 8.84. The number of nitrogens with one attached hydrogen (secondary N) is 1. The SMILES string of the molecule is Cc1ccc(Sc2cncc(NN)n2)cc1. The van der Waals surface area contributed by atoms with Crippen molar-refractivity contribution in [3.05, 3.63) is 42.2 Å². The molecule has 0 aliphatic rings. The van der Waals surface area contributed by atoms with Crippen LogP contribution < -0.4 is 11.3 Å². The Morgan fingerprint density at radius 3 is 2.62 bits per heavy atom. The van der Waals surface area contributed by atoms with E-state index >= 15 is 0 Å². The van der Waals surface area contributed by atoms with Crippen molar-refractivity contribution in [3.63, 3.8) is 0 Å². The molecule has 0 radical (unpaired) electrons. The molecule has 4 nitrogen and oxygen atoms in total. The van der Waals surface area contributed by atoms with Gasteiger partial charge in [0.1, 0.15) is 5.03 Å². The molecule has 16 heavy (non-hydrogen) atoms. The number of rotatable bonds is 3. The highest BCUT2D eigenvalue weighted by atomic mass is 32.2. The molecule has 0 saturated heterocycles. The normalized spacial score (nSPS) is 10.1. The number of nitrogens with two attached hydrogens (primary N) is 1. The Labute approximate surface area is 98.3 Å². The summed E-state index contributed by atoms with van der Waals surface area (Å²) in [6, 6.07) is 8.26. The van der Waals surface area contributed by atoms with Crippen LogP contribution in [0.5, 0.6) is 0 Å². The van der Waals surface area contributed by atoms with Crippen LogP contribution in [0.25, 0.3) is 0 Å². The maximum absolute atomic E-state index is 5.27. The van der Waals surface area contributed by atoms with Crippen molar-refractivity contribution in [3.8, 4) is 0 Å². The van der Waals surface area contributed by atoms with Crippen LogP contribution in [-0.2, 0) is 0 Å². The van der Waals surface area contributed by atoms with E-state index in [9.17, 15) is 0 Å². The zero-order valence-corrected chi connectivity index (χ0v) is 9.66. The second-order valence-corrected chi connectivity index (χ2v) is 4.40. The van der Waals surface area contributed by atoms with Crippen molar-refractivity contribution < 1.29 is 0 Å². The molecule has 1 aromatic heterocycles. The third kappa shape index (κ3) is 2.71. The van der Waals surface area contributed by atoms with Crippen LogP contribution in [-0.4, -0.2) is 9.97 Å². The van der Waals surface area contributed by atoms with Crippen LogP contribution in [0.3, 0.4) is 0 Å². The lowest BCUT2D eigenvalue weighted by atomic mass is 10.2. The molecule has 0 amide bonds. The Morgan fingerprint density at radius 2 is 1.94 bits per heavy atom. The van der Waals surface area contributed by atoms with Crippen molar-refractivity contribution in [1.82, 2.24) is 9.97 Å². The highest BCUT2D eigenvalue weighted by Gasteiger charge is 2.00. The number of hydrogen-bond donors (Lipinski definition) is 2. The molecular weight excluding hydrogens is 220 g/mol. The van der Waals surface area contributed by atoms with Crippen LogP contribution in [0, 0.1) is 6.92 Å². The second kappa shape index (κ2) is 4.96. The molecule has 1 heterocycles. The number of hydrazine groups is 1. The minimum Gasteiger partial charge on any atom is -0.307 e. The summed E-state index contributed by atoms with van der Waals surface area (Å²) in [4.78, 5) is 9.45. The molecule has 2 rings (SSSR count). The van der Waals surface area contributed by atoms with Crippen molar-refractivity contribution in [1.29, 1.82) is 0 Å². The first-order valence-corrected chi connectivity index (χ1v) is 5.63. The van der Waals surface area contributed by atoms with E-state index in [4.69, 9.17) is 5.84 Å². The summed E-state index contributed by atoms with van der Waals surface area (Å²) in [6.45, 7) is 2.06. The van der Waals surface area contributed by atoms with Gasteiger partial charge in [-0.25, -0.2) is 10.8 Å². The third-order valence-electron chi connectivity index (χ3n) is 2.00. The topological polar surface area (TPSA) is 63.8 Å². The number of nitrogens with zero attached hydrogens (tertiary/aromatic N) is 2. The zero-order chi connectivity index (χ0) is 11.4. The molecule has 5 heteroatoms. The minimum atomic E-state index is 0.567. The summed E-state index contributed by atoms with van der Waals surface area (Å²) in [6.07, 6.45) is 3.30. The number of anilines is 1. The molecule has 0 aliphatic heterocycles. The predicted octanol–water partition coefficient (Wildman–Crippen LogP) is 2.22. The Kier molecular flexibility index (Phi) is 3.38. The molecule has 0 atom stereocenters. The second-order valence-electron chi connectivity index (χ2n) is 3.30. The van der Waals surface area contributed by atoms with Crippen LogP contribution in [0.2, 0.25) is 0 Å². The van der Waals surface area contributed by atoms with Gasteiger partial charge in [-0.05, 0) is 19.1 Å². The Morgan fingerprint density at radius 1 is 1.19 bits per heavy atom.